The zero-order chi connectivity index (χ0) is 9.78. The van der Waals surface area contributed by atoms with Crippen molar-refractivity contribution in [3.8, 4) is 0 Å². The number of ether oxygens (including phenoxy) is 1. The molecule has 0 saturated carbocycles. The van der Waals surface area contributed by atoms with Gasteiger partial charge in [0.2, 0.25) is 0 Å². The van der Waals surface area contributed by atoms with Gasteiger partial charge in [0.25, 0.3) is 10.1 Å². The molecule has 0 aromatic heterocycles. The van der Waals surface area contributed by atoms with Gasteiger partial charge in [0.05, 0.1) is 25.9 Å². The quantitative estimate of drug-likeness (QED) is 0.459. The van der Waals surface area contributed by atoms with Crippen LogP contribution in [0.1, 0.15) is 6.92 Å². The molecule has 0 heterocycles. The second-order valence-corrected chi connectivity index (χ2v) is 4.06. The molecule has 1 atom stereocenters. The lowest BCUT2D eigenvalue weighted by atomic mass is 10.2. The van der Waals surface area contributed by atoms with Crippen molar-refractivity contribution >= 4 is 16.1 Å². The smallest absolute Gasteiger partial charge is 0.310 e. The third-order valence-corrected chi connectivity index (χ3v) is 1.70. The zero-order valence-corrected chi connectivity index (χ0v) is 8.05. The fourth-order valence-electron chi connectivity index (χ4n) is 0.495. The molecule has 0 bridgehead atoms. The van der Waals surface area contributed by atoms with Crippen LogP contribution in [-0.4, -0.2) is 34.4 Å². The van der Waals surface area contributed by atoms with Crippen LogP contribution in [0, 0.1) is 5.92 Å². The van der Waals surface area contributed by atoms with E-state index in [1.165, 1.54) is 14.0 Å². The predicted octanol–water partition coefficient (Wildman–Crippen LogP) is -0.228. The van der Waals surface area contributed by atoms with Crippen molar-refractivity contribution < 1.29 is 22.1 Å². The van der Waals surface area contributed by atoms with E-state index in [2.05, 4.69) is 8.92 Å². The Bertz CT molecular complexity index is 243. The number of hydrogen-bond acceptors (Lipinski definition) is 5. The van der Waals surface area contributed by atoms with Crippen LogP contribution in [0.4, 0.5) is 0 Å². The first-order valence-corrected chi connectivity index (χ1v) is 5.10. The highest BCUT2D eigenvalue weighted by atomic mass is 32.2. The molecule has 0 radical (unpaired) electrons. The van der Waals surface area contributed by atoms with Gasteiger partial charge < -0.3 is 4.74 Å². The maximum atomic E-state index is 10.7. The van der Waals surface area contributed by atoms with Crippen molar-refractivity contribution in [3.63, 3.8) is 0 Å². The molecule has 0 saturated heterocycles. The van der Waals surface area contributed by atoms with Gasteiger partial charge in [0.1, 0.15) is 0 Å². The zero-order valence-electron chi connectivity index (χ0n) is 7.23. The van der Waals surface area contributed by atoms with E-state index in [4.69, 9.17) is 0 Å². The van der Waals surface area contributed by atoms with Gasteiger partial charge in [-0.1, -0.05) is 0 Å². The summed E-state index contributed by atoms with van der Waals surface area (Å²) in [6, 6.07) is 0. The van der Waals surface area contributed by atoms with E-state index in [1.807, 2.05) is 0 Å². The molecule has 0 aromatic carbocycles. The predicted molar refractivity (Wildman–Crippen MR) is 42.0 cm³/mol. The number of methoxy groups -OCH3 is 1. The Balaban J connectivity index is 3.88. The first kappa shape index (κ1) is 11.4. The van der Waals surface area contributed by atoms with Gasteiger partial charge in [-0.05, 0) is 6.92 Å². The number of hydrogen-bond donors (Lipinski definition) is 0. The highest BCUT2D eigenvalue weighted by Gasteiger charge is 2.15. The normalized spacial score (nSPS) is 13.9. The van der Waals surface area contributed by atoms with E-state index < -0.39 is 22.0 Å². The van der Waals surface area contributed by atoms with Crippen molar-refractivity contribution in [3.05, 3.63) is 0 Å². The minimum atomic E-state index is -3.47. The van der Waals surface area contributed by atoms with E-state index in [-0.39, 0.29) is 6.61 Å². The van der Waals surface area contributed by atoms with Crippen LogP contribution in [0.3, 0.4) is 0 Å². The summed E-state index contributed by atoms with van der Waals surface area (Å²) in [4.78, 5) is 10.7. The summed E-state index contributed by atoms with van der Waals surface area (Å²) >= 11 is 0. The molecule has 0 N–H and O–H groups in total. The number of carbonyl (C=O) groups is 1. The van der Waals surface area contributed by atoms with Crippen LogP contribution in [0.2, 0.25) is 0 Å². The maximum absolute atomic E-state index is 10.7. The molecular weight excluding hydrogens is 184 g/mol. The van der Waals surface area contributed by atoms with Gasteiger partial charge in [-0.2, -0.15) is 8.42 Å². The van der Waals surface area contributed by atoms with Gasteiger partial charge >= 0.3 is 5.97 Å². The van der Waals surface area contributed by atoms with E-state index in [0.717, 1.165) is 6.26 Å². The standard InChI is InChI=1S/C6H12O5S/c1-5(6(7)10-2)4-11-12(3,8)9/h5H,4H2,1-3H3/t5-/m1/s1. The molecule has 6 heteroatoms. The van der Waals surface area contributed by atoms with E-state index in [9.17, 15) is 13.2 Å². The van der Waals surface area contributed by atoms with Crippen LogP contribution in [0.25, 0.3) is 0 Å². The van der Waals surface area contributed by atoms with E-state index in [1.54, 1.807) is 0 Å². The molecule has 0 aliphatic carbocycles. The second kappa shape index (κ2) is 4.42. The molecule has 0 aromatic rings. The molecule has 72 valence electrons. The molecule has 0 fully saturated rings. The van der Waals surface area contributed by atoms with Gasteiger partial charge in [-0.25, -0.2) is 0 Å². The minimum Gasteiger partial charge on any atom is -0.469 e. The largest absolute Gasteiger partial charge is 0.469 e. The van der Waals surface area contributed by atoms with Crippen LogP contribution >= 0.6 is 0 Å². The van der Waals surface area contributed by atoms with Crippen LogP contribution in [0.15, 0.2) is 0 Å². The average Bonchev–Trinajstić information content (AvgIpc) is 1.97. The Morgan fingerprint density at radius 1 is 1.50 bits per heavy atom. The molecule has 5 nitrogen and oxygen atoms in total. The van der Waals surface area contributed by atoms with Gasteiger partial charge in [-0.3, -0.25) is 8.98 Å². The summed E-state index contributed by atoms with van der Waals surface area (Å²) in [6.07, 6.45) is 0.928. The van der Waals surface area contributed by atoms with Gasteiger partial charge in [0.15, 0.2) is 0 Å². The number of rotatable bonds is 4. The van der Waals surface area contributed by atoms with Gasteiger partial charge in [0, 0.05) is 0 Å². The SMILES string of the molecule is COC(=O)[C@H](C)COS(C)(=O)=O. The Hall–Kier alpha value is -0.620. The molecule has 0 amide bonds. The first-order valence-electron chi connectivity index (χ1n) is 3.29. The molecule has 0 aliphatic heterocycles. The maximum Gasteiger partial charge on any atom is 0.310 e. The monoisotopic (exact) mass is 196 g/mol. The summed E-state index contributed by atoms with van der Waals surface area (Å²) in [5, 5.41) is 0. The van der Waals surface area contributed by atoms with Crippen LogP contribution < -0.4 is 0 Å². The average molecular weight is 196 g/mol. The lowest BCUT2D eigenvalue weighted by molar-refractivity contribution is -0.145. The lowest BCUT2D eigenvalue weighted by Crippen LogP contribution is -2.20. The van der Waals surface area contributed by atoms with Crippen molar-refractivity contribution in [1.29, 1.82) is 0 Å². The van der Waals surface area contributed by atoms with Gasteiger partial charge in [-0.15, -0.1) is 0 Å². The molecule has 0 aliphatic rings. The van der Waals surface area contributed by atoms with E-state index >= 15 is 0 Å². The third kappa shape index (κ3) is 5.09. The topological polar surface area (TPSA) is 69.7 Å². The Morgan fingerprint density at radius 2 is 2.00 bits per heavy atom. The van der Waals surface area contributed by atoms with Crippen molar-refractivity contribution in [2.24, 2.45) is 5.92 Å². The summed E-state index contributed by atoms with van der Waals surface area (Å²) in [5.74, 6) is -1.05. The number of esters is 1. The molecule has 0 unspecified atom stereocenters. The summed E-state index contributed by atoms with van der Waals surface area (Å²) < 4.78 is 29.7. The second-order valence-electron chi connectivity index (χ2n) is 2.41. The lowest BCUT2D eigenvalue weighted by Gasteiger charge is -2.07. The highest BCUT2D eigenvalue weighted by molar-refractivity contribution is 7.85. The Morgan fingerprint density at radius 3 is 2.33 bits per heavy atom. The third-order valence-electron chi connectivity index (χ3n) is 1.14. The summed E-state index contributed by atoms with van der Waals surface area (Å²) in [6.45, 7) is 1.35. The highest BCUT2D eigenvalue weighted by Crippen LogP contribution is 2.00. The molecule has 12 heavy (non-hydrogen) atoms. The summed E-state index contributed by atoms with van der Waals surface area (Å²) in [5.41, 5.74) is 0. The Labute approximate surface area is 71.8 Å². The summed E-state index contributed by atoms with van der Waals surface area (Å²) in [7, 11) is -2.23. The van der Waals surface area contributed by atoms with Crippen molar-refractivity contribution in [2.45, 2.75) is 6.92 Å². The van der Waals surface area contributed by atoms with Crippen molar-refractivity contribution in [1.82, 2.24) is 0 Å². The fourth-order valence-corrected chi connectivity index (χ4v) is 0.946. The molecule has 0 spiro atoms. The first-order chi connectivity index (χ1) is 5.37. The Kier molecular flexibility index (Phi) is 4.19. The van der Waals surface area contributed by atoms with Crippen LogP contribution in [0.5, 0.6) is 0 Å². The molecule has 0 rings (SSSR count). The van der Waals surface area contributed by atoms with Crippen molar-refractivity contribution in [2.75, 3.05) is 20.0 Å². The molecular formula is C6H12O5S. The fraction of sp³-hybridized carbons (Fsp3) is 0.833. The van der Waals surface area contributed by atoms with E-state index in [0.29, 0.717) is 0 Å². The number of carbonyl (C=O) groups excluding carboxylic acids is 1. The minimum absolute atomic E-state index is 0.175. The van der Waals surface area contributed by atoms with Crippen LogP contribution in [-0.2, 0) is 23.8 Å².